The lowest BCUT2D eigenvalue weighted by atomic mass is 10.0. The topological polar surface area (TPSA) is 118 Å². The molecular weight excluding hydrogens is 496 g/mol. The standard InChI is InChI=1S/C29H26N6O4/c1-2-5-24-30-27(33-14-16-34(17-15-33)29(36)20-10-12-23(13-11-20)35(37)38)25-26(32-39-28(25)31-24)22-9-8-19-6-3-4-7-21(19)18-22/h3-4,6-13,18H,2,5,14-17H2,1H3. The SMILES string of the molecule is CCCc1nc(N2CCN(C(=O)c3ccc([N+](=O)[O-])cc3)CC2)c2c(-c3ccc4ccccc4c3)noc2n1. The number of hydrogen-bond donors (Lipinski definition) is 0. The third-order valence-electron chi connectivity index (χ3n) is 7.05. The van der Waals surface area contributed by atoms with Crippen LogP contribution in [-0.2, 0) is 6.42 Å². The van der Waals surface area contributed by atoms with Crippen LogP contribution in [0.25, 0.3) is 33.1 Å². The number of aromatic nitrogens is 3. The minimum Gasteiger partial charge on any atom is -0.352 e. The second kappa shape index (κ2) is 10.1. The largest absolute Gasteiger partial charge is 0.352 e. The van der Waals surface area contributed by atoms with Crippen LogP contribution in [0.1, 0.15) is 29.5 Å². The van der Waals surface area contributed by atoms with Crippen LogP contribution in [0.5, 0.6) is 0 Å². The van der Waals surface area contributed by atoms with E-state index in [1.54, 1.807) is 4.90 Å². The molecule has 2 aromatic heterocycles. The Bertz CT molecular complexity index is 1690. The predicted octanol–water partition coefficient (Wildman–Crippen LogP) is 5.26. The van der Waals surface area contributed by atoms with Gasteiger partial charge in [0.15, 0.2) is 0 Å². The molecule has 196 valence electrons. The molecular formula is C29H26N6O4. The first-order valence-corrected chi connectivity index (χ1v) is 13.0. The van der Waals surface area contributed by atoms with Crippen molar-refractivity contribution in [3.8, 4) is 11.3 Å². The number of carbonyl (C=O) groups is 1. The van der Waals surface area contributed by atoms with Crippen molar-refractivity contribution in [2.24, 2.45) is 0 Å². The first kappa shape index (κ1) is 24.5. The van der Waals surface area contributed by atoms with Crippen molar-refractivity contribution in [1.29, 1.82) is 0 Å². The lowest BCUT2D eigenvalue weighted by molar-refractivity contribution is -0.384. The number of carbonyl (C=O) groups excluding carboxylic acids is 1. The highest BCUT2D eigenvalue weighted by Gasteiger charge is 2.28. The summed E-state index contributed by atoms with van der Waals surface area (Å²) in [5, 5.41) is 18.4. The summed E-state index contributed by atoms with van der Waals surface area (Å²) < 4.78 is 5.74. The van der Waals surface area contributed by atoms with Gasteiger partial charge in [0.25, 0.3) is 17.3 Å². The lowest BCUT2D eigenvalue weighted by Crippen LogP contribution is -2.49. The van der Waals surface area contributed by atoms with E-state index in [0.29, 0.717) is 55.4 Å². The fraction of sp³-hybridized carbons (Fsp3) is 0.241. The van der Waals surface area contributed by atoms with Gasteiger partial charge in [-0.15, -0.1) is 0 Å². The van der Waals surface area contributed by atoms with Gasteiger partial charge in [0.1, 0.15) is 22.7 Å². The van der Waals surface area contributed by atoms with Crippen LogP contribution in [-0.4, -0.2) is 57.0 Å². The Morgan fingerprint density at radius 1 is 0.974 bits per heavy atom. The molecule has 0 unspecified atom stereocenters. The van der Waals surface area contributed by atoms with Gasteiger partial charge in [-0.2, -0.15) is 4.98 Å². The maximum Gasteiger partial charge on any atom is 0.269 e. The van der Waals surface area contributed by atoms with Crippen molar-refractivity contribution in [2.45, 2.75) is 19.8 Å². The Labute approximate surface area is 224 Å². The lowest BCUT2D eigenvalue weighted by Gasteiger charge is -2.35. The predicted molar refractivity (Wildman–Crippen MR) is 148 cm³/mol. The molecule has 10 nitrogen and oxygen atoms in total. The third-order valence-corrected chi connectivity index (χ3v) is 7.05. The number of aryl methyl sites for hydroxylation is 1. The van der Waals surface area contributed by atoms with Crippen LogP contribution in [0.3, 0.4) is 0 Å². The second-order valence-electron chi connectivity index (χ2n) is 9.57. The van der Waals surface area contributed by atoms with Crippen LogP contribution in [0.2, 0.25) is 0 Å². The van der Waals surface area contributed by atoms with E-state index in [1.807, 2.05) is 18.2 Å². The van der Waals surface area contributed by atoms with Crippen molar-refractivity contribution in [1.82, 2.24) is 20.0 Å². The Morgan fingerprint density at radius 3 is 2.44 bits per heavy atom. The number of fused-ring (bicyclic) bond motifs is 2. The van der Waals surface area contributed by atoms with E-state index in [4.69, 9.17) is 9.51 Å². The van der Waals surface area contributed by atoms with Crippen molar-refractivity contribution in [2.75, 3.05) is 31.1 Å². The molecule has 1 saturated heterocycles. The fourth-order valence-corrected chi connectivity index (χ4v) is 5.01. The summed E-state index contributed by atoms with van der Waals surface area (Å²) in [4.78, 5) is 37.1. The number of nitrogens with zero attached hydrogens (tertiary/aromatic N) is 6. The van der Waals surface area contributed by atoms with Crippen LogP contribution in [0.4, 0.5) is 11.5 Å². The first-order chi connectivity index (χ1) is 19.0. The summed E-state index contributed by atoms with van der Waals surface area (Å²) in [6.07, 6.45) is 1.61. The Morgan fingerprint density at radius 2 is 1.72 bits per heavy atom. The van der Waals surface area contributed by atoms with Crippen molar-refractivity contribution in [3.05, 3.63) is 88.2 Å². The molecule has 0 aliphatic carbocycles. The molecule has 0 atom stereocenters. The zero-order valence-electron chi connectivity index (χ0n) is 21.4. The van der Waals surface area contributed by atoms with Crippen LogP contribution >= 0.6 is 0 Å². The normalized spacial score (nSPS) is 13.8. The number of piperazine rings is 1. The third kappa shape index (κ3) is 4.65. The molecule has 1 fully saturated rings. The number of anilines is 1. The van der Waals surface area contributed by atoms with Crippen LogP contribution < -0.4 is 4.90 Å². The molecule has 0 saturated carbocycles. The highest BCUT2D eigenvalue weighted by atomic mass is 16.6. The molecule has 1 amide bonds. The smallest absolute Gasteiger partial charge is 0.269 e. The number of non-ortho nitro benzene ring substituents is 1. The van der Waals surface area contributed by atoms with Gasteiger partial charge in [-0.25, -0.2) is 4.98 Å². The van der Waals surface area contributed by atoms with E-state index in [2.05, 4.69) is 46.2 Å². The maximum absolute atomic E-state index is 13.1. The van der Waals surface area contributed by atoms with E-state index in [-0.39, 0.29) is 11.6 Å². The zero-order valence-corrected chi connectivity index (χ0v) is 21.4. The molecule has 6 rings (SSSR count). The molecule has 1 aliphatic rings. The van der Waals surface area contributed by atoms with Crippen LogP contribution in [0, 0.1) is 10.1 Å². The summed E-state index contributed by atoms with van der Waals surface area (Å²) >= 11 is 0. The van der Waals surface area contributed by atoms with E-state index in [1.165, 1.54) is 24.3 Å². The van der Waals surface area contributed by atoms with Gasteiger partial charge < -0.3 is 14.3 Å². The fourth-order valence-electron chi connectivity index (χ4n) is 5.01. The summed E-state index contributed by atoms with van der Waals surface area (Å²) in [6.45, 7) is 4.19. The molecule has 5 aromatic rings. The average molecular weight is 523 g/mol. The van der Waals surface area contributed by atoms with Crippen molar-refractivity contribution < 1.29 is 14.2 Å². The van der Waals surface area contributed by atoms with E-state index >= 15 is 0 Å². The van der Waals surface area contributed by atoms with Gasteiger partial charge in [0.05, 0.1) is 4.92 Å². The first-order valence-electron chi connectivity index (χ1n) is 13.0. The molecule has 1 aliphatic heterocycles. The van der Waals surface area contributed by atoms with Crippen molar-refractivity contribution >= 4 is 39.3 Å². The monoisotopic (exact) mass is 522 g/mol. The Kier molecular flexibility index (Phi) is 6.36. The van der Waals surface area contributed by atoms with Crippen LogP contribution in [0.15, 0.2) is 71.3 Å². The second-order valence-corrected chi connectivity index (χ2v) is 9.57. The highest BCUT2D eigenvalue weighted by Crippen LogP contribution is 2.35. The number of amides is 1. The summed E-state index contributed by atoms with van der Waals surface area (Å²) in [7, 11) is 0. The van der Waals surface area contributed by atoms with Gasteiger partial charge in [-0.05, 0) is 35.4 Å². The quantitative estimate of drug-likeness (QED) is 0.219. The van der Waals surface area contributed by atoms with Gasteiger partial charge >= 0.3 is 0 Å². The zero-order chi connectivity index (χ0) is 26.9. The molecule has 0 radical (unpaired) electrons. The molecule has 3 aromatic carbocycles. The molecule has 0 bridgehead atoms. The molecule has 0 spiro atoms. The summed E-state index contributed by atoms with van der Waals surface area (Å²) in [6, 6.07) is 20.1. The summed E-state index contributed by atoms with van der Waals surface area (Å²) in [5.41, 5.74) is 2.46. The van der Waals surface area contributed by atoms with Gasteiger partial charge in [0.2, 0.25) is 0 Å². The average Bonchev–Trinajstić information content (AvgIpc) is 3.40. The number of hydrogen-bond acceptors (Lipinski definition) is 8. The van der Waals surface area contributed by atoms with E-state index in [0.717, 1.165) is 34.0 Å². The number of benzene rings is 3. The number of nitro groups is 1. The molecule has 0 N–H and O–H groups in total. The maximum atomic E-state index is 13.1. The molecule has 3 heterocycles. The number of rotatable bonds is 6. The Hall–Kier alpha value is -4.86. The number of nitro benzene ring substituents is 1. The molecule has 39 heavy (non-hydrogen) atoms. The van der Waals surface area contributed by atoms with Gasteiger partial charge in [-0.3, -0.25) is 14.9 Å². The summed E-state index contributed by atoms with van der Waals surface area (Å²) in [5.74, 6) is 1.31. The molecule has 10 heteroatoms. The highest BCUT2D eigenvalue weighted by molar-refractivity contribution is 6.00. The minimum absolute atomic E-state index is 0.0389. The Balaban J connectivity index is 1.31. The van der Waals surface area contributed by atoms with Gasteiger partial charge in [-0.1, -0.05) is 48.5 Å². The van der Waals surface area contributed by atoms with E-state index < -0.39 is 4.92 Å². The van der Waals surface area contributed by atoms with Crippen molar-refractivity contribution in [3.63, 3.8) is 0 Å². The van der Waals surface area contributed by atoms with E-state index in [9.17, 15) is 14.9 Å². The minimum atomic E-state index is -0.473. The van der Waals surface area contributed by atoms with Gasteiger partial charge in [0, 0.05) is 55.9 Å².